The number of benzene rings is 2. The number of carbonyl (C=O) groups is 1. The van der Waals surface area contributed by atoms with Gasteiger partial charge >= 0.3 is 0 Å². The van der Waals surface area contributed by atoms with E-state index in [-0.39, 0.29) is 5.91 Å². The highest BCUT2D eigenvalue weighted by Crippen LogP contribution is 2.18. The molecule has 2 aromatic rings. The van der Waals surface area contributed by atoms with E-state index in [1.165, 1.54) is 11.1 Å². The van der Waals surface area contributed by atoms with Gasteiger partial charge in [0.05, 0.1) is 0 Å². The summed E-state index contributed by atoms with van der Waals surface area (Å²) in [5.74, 6) is 0.0752. The number of halogens is 1. The van der Waals surface area contributed by atoms with Crippen molar-refractivity contribution < 1.29 is 4.79 Å². The number of hydrogen-bond acceptors (Lipinski definition) is 3. The van der Waals surface area contributed by atoms with E-state index in [0.717, 1.165) is 49.7 Å². The number of carbonyl (C=O) groups excluding carboxylic acids is 1. The molecule has 1 heterocycles. The number of amides is 1. The fourth-order valence-corrected chi connectivity index (χ4v) is 4.78. The van der Waals surface area contributed by atoms with Crippen molar-refractivity contribution in [2.24, 2.45) is 0 Å². The summed E-state index contributed by atoms with van der Waals surface area (Å²) in [6.07, 6.45) is 6.45. The van der Waals surface area contributed by atoms with Crippen LogP contribution in [-0.2, 0) is 17.8 Å². The van der Waals surface area contributed by atoms with E-state index in [0.29, 0.717) is 17.7 Å². The molecule has 0 bridgehead atoms. The van der Waals surface area contributed by atoms with Crippen molar-refractivity contribution in [2.45, 2.75) is 73.5 Å². The van der Waals surface area contributed by atoms with Crippen LogP contribution in [0, 0.1) is 0 Å². The Morgan fingerprint density at radius 1 is 0.975 bits per heavy atom. The molecule has 2 aromatic carbocycles. The second-order valence-electron chi connectivity index (χ2n) is 10.1. The van der Waals surface area contributed by atoms with Crippen LogP contribution in [0.3, 0.4) is 0 Å². The van der Waals surface area contributed by atoms with E-state index in [1.54, 1.807) is 0 Å². The molecule has 3 rings (SSSR count). The standard InChI is InChI=1S/C19H25NO.C14H21ClN2.C2H6/c1-5-18(19(21)20(6-2)7-3)14-13-16(4)15-17-11-9-8-10-12-17;1-11-9-17(12(2)8-16(11)3)10-13-5-4-6-14(15)7-13;1-2/h5,8-14H,4,6-7,15H2,1-3H3;4-7,11-12H,8-10H2,1-3H3;1-2H3/b14-13-,18-5+;;/t;11-,12+;/m.0./s1. The molecule has 0 unspecified atom stereocenters. The summed E-state index contributed by atoms with van der Waals surface area (Å²) in [5, 5.41) is 0.831. The van der Waals surface area contributed by atoms with Crippen LogP contribution in [0.4, 0.5) is 0 Å². The molecule has 0 radical (unpaired) electrons. The van der Waals surface area contributed by atoms with E-state index < -0.39 is 0 Å². The number of allylic oxidation sites excluding steroid dienone is 3. The van der Waals surface area contributed by atoms with Gasteiger partial charge in [0.1, 0.15) is 0 Å². The predicted octanol–water partition coefficient (Wildman–Crippen LogP) is 8.05. The lowest BCUT2D eigenvalue weighted by atomic mass is 10.0. The Kier molecular flexibility index (Phi) is 17.2. The van der Waals surface area contributed by atoms with Gasteiger partial charge in [-0.2, -0.15) is 0 Å². The minimum absolute atomic E-state index is 0.0752. The van der Waals surface area contributed by atoms with Crippen LogP contribution in [0.25, 0.3) is 0 Å². The van der Waals surface area contributed by atoms with Crippen LogP contribution in [0.15, 0.2) is 90.6 Å². The van der Waals surface area contributed by atoms with Gasteiger partial charge in [0.25, 0.3) is 5.91 Å². The largest absolute Gasteiger partial charge is 0.339 e. The molecular formula is C35H52ClN3O. The Labute approximate surface area is 250 Å². The zero-order valence-electron chi connectivity index (χ0n) is 26.2. The summed E-state index contributed by atoms with van der Waals surface area (Å²) in [5.41, 5.74) is 4.24. The molecule has 0 saturated carbocycles. The summed E-state index contributed by atoms with van der Waals surface area (Å²) in [7, 11) is 2.21. The summed E-state index contributed by atoms with van der Waals surface area (Å²) >= 11 is 6.02. The predicted molar refractivity (Wildman–Crippen MR) is 175 cm³/mol. The number of likely N-dealkylation sites (N-methyl/N-ethyl adjacent to an activating group) is 2. The van der Waals surface area contributed by atoms with Gasteiger partial charge in [-0.3, -0.25) is 9.69 Å². The summed E-state index contributed by atoms with van der Waals surface area (Å²) in [6.45, 7) is 23.2. The smallest absolute Gasteiger partial charge is 0.253 e. The van der Waals surface area contributed by atoms with Crippen molar-refractivity contribution in [1.82, 2.24) is 14.7 Å². The maximum absolute atomic E-state index is 12.3. The van der Waals surface area contributed by atoms with Crippen LogP contribution in [0.2, 0.25) is 5.02 Å². The zero-order chi connectivity index (χ0) is 30.1. The highest BCUT2D eigenvalue weighted by atomic mass is 35.5. The first-order valence-electron chi connectivity index (χ1n) is 14.7. The topological polar surface area (TPSA) is 26.8 Å². The van der Waals surface area contributed by atoms with Crippen LogP contribution >= 0.6 is 11.6 Å². The molecule has 4 nitrogen and oxygen atoms in total. The summed E-state index contributed by atoms with van der Waals surface area (Å²) in [4.78, 5) is 19.1. The van der Waals surface area contributed by atoms with Gasteiger partial charge in [0, 0.05) is 55.4 Å². The Hall–Kier alpha value is -2.66. The molecule has 5 heteroatoms. The fourth-order valence-electron chi connectivity index (χ4n) is 4.57. The van der Waals surface area contributed by atoms with Gasteiger partial charge in [0.15, 0.2) is 0 Å². The minimum atomic E-state index is 0.0752. The zero-order valence-corrected chi connectivity index (χ0v) is 26.9. The quantitative estimate of drug-likeness (QED) is 0.227. The number of nitrogens with zero attached hydrogens (tertiary/aromatic N) is 3. The third kappa shape index (κ3) is 12.2. The molecule has 0 aliphatic carbocycles. The van der Waals surface area contributed by atoms with Crippen molar-refractivity contribution in [2.75, 3.05) is 33.2 Å². The van der Waals surface area contributed by atoms with Gasteiger partial charge in [-0.25, -0.2) is 0 Å². The number of hydrogen-bond donors (Lipinski definition) is 0. The third-order valence-corrected chi connectivity index (χ3v) is 7.32. The van der Waals surface area contributed by atoms with Crippen LogP contribution in [0.1, 0.15) is 59.6 Å². The van der Waals surface area contributed by atoms with Crippen LogP contribution < -0.4 is 0 Å². The Balaban J connectivity index is 0.000000383. The molecule has 1 aliphatic heterocycles. The molecule has 2 atom stereocenters. The highest BCUT2D eigenvalue weighted by Gasteiger charge is 2.26. The molecule has 1 aliphatic rings. The Morgan fingerprint density at radius 3 is 2.17 bits per heavy atom. The van der Waals surface area contributed by atoms with Gasteiger partial charge in [0.2, 0.25) is 0 Å². The first-order valence-corrected chi connectivity index (χ1v) is 15.1. The highest BCUT2D eigenvalue weighted by molar-refractivity contribution is 6.30. The minimum Gasteiger partial charge on any atom is -0.339 e. The lowest BCUT2D eigenvalue weighted by molar-refractivity contribution is -0.126. The maximum atomic E-state index is 12.3. The summed E-state index contributed by atoms with van der Waals surface area (Å²) in [6, 6.07) is 19.6. The van der Waals surface area contributed by atoms with Crippen molar-refractivity contribution in [3.05, 3.63) is 107 Å². The van der Waals surface area contributed by atoms with Crippen molar-refractivity contribution in [1.29, 1.82) is 0 Å². The van der Waals surface area contributed by atoms with Crippen molar-refractivity contribution >= 4 is 17.5 Å². The Bertz CT molecular complexity index is 1080. The molecule has 1 fully saturated rings. The van der Waals surface area contributed by atoms with E-state index >= 15 is 0 Å². The molecule has 1 amide bonds. The normalized spacial score (nSPS) is 17.9. The van der Waals surface area contributed by atoms with E-state index in [4.69, 9.17) is 11.6 Å². The lowest BCUT2D eigenvalue weighted by Crippen LogP contribution is -2.54. The van der Waals surface area contributed by atoms with Crippen LogP contribution in [-0.4, -0.2) is 65.9 Å². The lowest BCUT2D eigenvalue weighted by Gasteiger charge is -2.42. The van der Waals surface area contributed by atoms with Gasteiger partial charge in [-0.1, -0.05) is 92.2 Å². The van der Waals surface area contributed by atoms with Gasteiger partial charge in [-0.15, -0.1) is 0 Å². The van der Waals surface area contributed by atoms with Gasteiger partial charge in [-0.05, 0) is 77.4 Å². The average Bonchev–Trinajstić information content (AvgIpc) is 2.95. The second kappa shape index (κ2) is 19.4. The third-order valence-electron chi connectivity index (χ3n) is 7.08. The monoisotopic (exact) mass is 565 g/mol. The summed E-state index contributed by atoms with van der Waals surface area (Å²) < 4.78 is 0. The molecule has 1 saturated heterocycles. The van der Waals surface area contributed by atoms with Crippen molar-refractivity contribution in [3.63, 3.8) is 0 Å². The molecule has 220 valence electrons. The number of piperazine rings is 1. The van der Waals surface area contributed by atoms with E-state index in [9.17, 15) is 4.79 Å². The van der Waals surface area contributed by atoms with Crippen molar-refractivity contribution in [3.8, 4) is 0 Å². The molecule has 0 N–H and O–H groups in total. The first kappa shape index (κ1) is 35.4. The van der Waals surface area contributed by atoms with E-state index in [2.05, 4.69) is 61.5 Å². The molecule has 40 heavy (non-hydrogen) atoms. The second-order valence-corrected chi connectivity index (χ2v) is 10.5. The molecule has 0 spiro atoms. The van der Waals surface area contributed by atoms with Gasteiger partial charge < -0.3 is 9.80 Å². The fraction of sp³-hybridized carbons (Fsp3) is 0.457. The SMILES string of the molecule is C=C(/C=C\C(=C/C)C(=O)N(CC)CC)Cc1ccccc1.CC.C[C@@H]1CN(C)[C@@H](C)CN1Cc1cccc(Cl)c1. The molecule has 0 aromatic heterocycles. The van der Waals surface area contributed by atoms with E-state index in [1.807, 2.05) is 88.1 Å². The first-order chi connectivity index (χ1) is 19.2. The average molecular weight is 566 g/mol. The van der Waals surface area contributed by atoms with Crippen LogP contribution in [0.5, 0.6) is 0 Å². The Morgan fingerprint density at radius 2 is 1.60 bits per heavy atom. The molecular weight excluding hydrogens is 514 g/mol. The number of rotatable bonds is 9. The maximum Gasteiger partial charge on any atom is 0.253 e.